The molecule has 0 aromatic heterocycles. The van der Waals surface area contributed by atoms with Crippen molar-refractivity contribution in [3.8, 4) is 17.2 Å². The summed E-state index contributed by atoms with van der Waals surface area (Å²) >= 11 is 0. The van der Waals surface area contributed by atoms with Gasteiger partial charge in [0, 0.05) is 0 Å². The molecule has 0 heterocycles. The van der Waals surface area contributed by atoms with Crippen molar-refractivity contribution in [3.05, 3.63) is 53.8 Å². The van der Waals surface area contributed by atoms with E-state index in [0.717, 1.165) is 5.56 Å². The van der Waals surface area contributed by atoms with Gasteiger partial charge in [0.25, 0.3) is 0 Å². The molecule has 5 heteroatoms. The van der Waals surface area contributed by atoms with Gasteiger partial charge in [0.15, 0.2) is 11.5 Å². The summed E-state index contributed by atoms with van der Waals surface area (Å²) in [7, 11) is 3.15. The Morgan fingerprint density at radius 1 is 1.00 bits per heavy atom. The van der Waals surface area contributed by atoms with Crippen LogP contribution in [0.1, 0.15) is 11.6 Å². The van der Waals surface area contributed by atoms with Crippen LogP contribution in [0, 0.1) is 5.82 Å². The van der Waals surface area contributed by atoms with Gasteiger partial charge in [-0.05, 0) is 42.0 Å². The predicted molar refractivity (Wildman–Crippen MR) is 78.4 cm³/mol. The van der Waals surface area contributed by atoms with E-state index in [1.165, 1.54) is 12.1 Å². The molecule has 0 spiro atoms. The summed E-state index contributed by atoms with van der Waals surface area (Å²) in [4.78, 5) is 0. The number of ether oxygens (including phenoxy) is 3. The number of halogens is 1. The van der Waals surface area contributed by atoms with Gasteiger partial charge in [0.05, 0.1) is 20.3 Å². The Bertz CT molecular complexity index is 587. The quantitative estimate of drug-likeness (QED) is 0.889. The van der Waals surface area contributed by atoms with Gasteiger partial charge in [-0.3, -0.25) is 0 Å². The van der Waals surface area contributed by atoms with Gasteiger partial charge in [-0.25, -0.2) is 4.39 Å². The molecule has 1 unspecified atom stereocenters. The normalized spacial score (nSPS) is 11.8. The van der Waals surface area contributed by atoms with E-state index < -0.39 is 0 Å². The van der Waals surface area contributed by atoms with Crippen molar-refractivity contribution in [2.45, 2.75) is 6.04 Å². The molecule has 21 heavy (non-hydrogen) atoms. The minimum atomic E-state index is -0.324. The van der Waals surface area contributed by atoms with Gasteiger partial charge in [-0.1, -0.05) is 6.07 Å². The van der Waals surface area contributed by atoms with E-state index in [0.29, 0.717) is 17.2 Å². The van der Waals surface area contributed by atoms with Crippen molar-refractivity contribution in [1.82, 2.24) is 0 Å². The summed E-state index contributed by atoms with van der Waals surface area (Å²) in [5, 5.41) is 0. The van der Waals surface area contributed by atoms with Gasteiger partial charge in [0.1, 0.15) is 18.2 Å². The summed E-state index contributed by atoms with van der Waals surface area (Å²) in [5.41, 5.74) is 6.96. The standard InChI is InChI=1S/C16H18FNO3/c1-19-15-8-3-11(9-16(15)20-2)14(18)10-21-13-6-4-12(17)5-7-13/h3-9,14H,10,18H2,1-2H3. The topological polar surface area (TPSA) is 53.7 Å². The van der Waals surface area contributed by atoms with E-state index in [-0.39, 0.29) is 18.5 Å². The lowest BCUT2D eigenvalue weighted by Crippen LogP contribution is -2.19. The third-order valence-corrected chi connectivity index (χ3v) is 3.08. The lowest BCUT2D eigenvalue weighted by Gasteiger charge is -2.16. The molecule has 0 saturated heterocycles. The van der Waals surface area contributed by atoms with E-state index in [9.17, 15) is 4.39 Å². The largest absolute Gasteiger partial charge is 0.493 e. The van der Waals surface area contributed by atoms with Crippen LogP contribution in [0.2, 0.25) is 0 Å². The lowest BCUT2D eigenvalue weighted by molar-refractivity contribution is 0.289. The zero-order valence-electron chi connectivity index (χ0n) is 12.0. The van der Waals surface area contributed by atoms with E-state index in [1.807, 2.05) is 12.1 Å². The Balaban J connectivity index is 2.02. The molecule has 4 nitrogen and oxygen atoms in total. The molecule has 0 aliphatic heterocycles. The van der Waals surface area contributed by atoms with E-state index in [1.54, 1.807) is 32.4 Å². The monoisotopic (exact) mass is 291 g/mol. The van der Waals surface area contributed by atoms with Crippen molar-refractivity contribution in [2.24, 2.45) is 5.73 Å². The molecule has 0 saturated carbocycles. The van der Waals surface area contributed by atoms with Crippen molar-refractivity contribution in [2.75, 3.05) is 20.8 Å². The fourth-order valence-electron chi connectivity index (χ4n) is 1.90. The first-order valence-corrected chi connectivity index (χ1v) is 6.50. The minimum Gasteiger partial charge on any atom is -0.493 e. The molecule has 0 bridgehead atoms. The van der Waals surface area contributed by atoms with E-state index >= 15 is 0 Å². The average Bonchev–Trinajstić information content (AvgIpc) is 2.53. The smallest absolute Gasteiger partial charge is 0.161 e. The Labute approximate surface area is 123 Å². The average molecular weight is 291 g/mol. The highest BCUT2D eigenvalue weighted by atomic mass is 19.1. The number of hydrogen-bond acceptors (Lipinski definition) is 4. The van der Waals surface area contributed by atoms with Crippen LogP contribution in [0.4, 0.5) is 4.39 Å². The fourth-order valence-corrected chi connectivity index (χ4v) is 1.90. The molecule has 0 amide bonds. The van der Waals surface area contributed by atoms with Crippen molar-refractivity contribution >= 4 is 0 Å². The van der Waals surface area contributed by atoms with Crippen LogP contribution in [-0.4, -0.2) is 20.8 Å². The third kappa shape index (κ3) is 3.86. The summed E-state index contributed by atoms with van der Waals surface area (Å²) < 4.78 is 28.8. The van der Waals surface area contributed by atoms with Gasteiger partial charge in [-0.15, -0.1) is 0 Å². The van der Waals surface area contributed by atoms with E-state index in [2.05, 4.69) is 0 Å². The SMILES string of the molecule is COc1ccc(C(N)COc2ccc(F)cc2)cc1OC. The first-order chi connectivity index (χ1) is 10.1. The molecule has 2 rings (SSSR count). The molecular formula is C16H18FNO3. The molecule has 2 aromatic carbocycles. The number of methoxy groups -OCH3 is 2. The van der Waals surface area contributed by atoms with Crippen molar-refractivity contribution < 1.29 is 18.6 Å². The predicted octanol–water partition coefficient (Wildman–Crippen LogP) is 2.92. The first-order valence-electron chi connectivity index (χ1n) is 6.50. The maximum Gasteiger partial charge on any atom is 0.161 e. The molecule has 0 fully saturated rings. The Hall–Kier alpha value is -2.27. The fraction of sp³-hybridized carbons (Fsp3) is 0.250. The Kier molecular flexibility index (Phi) is 5.00. The van der Waals surface area contributed by atoms with Crippen molar-refractivity contribution in [3.63, 3.8) is 0 Å². The van der Waals surface area contributed by atoms with Crippen LogP contribution in [0.15, 0.2) is 42.5 Å². The summed E-state index contributed by atoms with van der Waals surface area (Å²) in [6.45, 7) is 0.279. The van der Waals surface area contributed by atoms with Crippen LogP contribution in [0.25, 0.3) is 0 Å². The maximum absolute atomic E-state index is 12.8. The van der Waals surface area contributed by atoms with Crippen LogP contribution in [0.3, 0.4) is 0 Å². The van der Waals surface area contributed by atoms with Gasteiger partial charge < -0.3 is 19.9 Å². The highest BCUT2D eigenvalue weighted by molar-refractivity contribution is 5.43. The molecule has 1 atom stereocenters. The zero-order valence-corrected chi connectivity index (χ0v) is 12.0. The highest BCUT2D eigenvalue weighted by Crippen LogP contribution is 2.29. The van der Waals surface area contributed by atoms with Crippen LogP contribution >= 0.6 is 0 Å². The molecule has 0 radical (unpaired) electrons. The second-order valence-electron chi connectivity index (χ2n) is 4.49. The van der Waals surface area contributed by atoms with Crippen LogP contribution in [0.5, 0.6) is 17.2 Å². The van der Waals surface area contributed by atoms with Crippen LogP contribution < -0.4 is 19.9 Å². The maximum atomic E-state index is 12.8. The van der Waals surface area contributed by atoms with E-state index in [4.69, 9.17) is 19.9 Å². The van der Waals surface area contributed by atoms with Crippen LogP contribution in [-0.2, 0) is 0 Å². The summed E-state index contributed by atoms with van der Waals surface area (Å²) in [6.07, 6.45) is 0. The van der Waals surface area contributed by atoms with Crippen molar-refractivity contribution in [1.29, 1.82) is 0 Å². The Morgan fingerprint density at radius 3 is 2.29 bits per heavy atom. The second kappa shape index (κ2) is 6.95. The summed E-state index contributed by atoms with van der Waals surface area (Å²) in [5.74, 6) is 1.54. The van der Waals surface area contributed by atoms with Gasteiger partial charge in [0.2, 0.25) is 0 Å². The van der Waals surface area contributed by atoms with Gasteiger partial charge in [-0.2, -0.15) is 0 Å². The molecular weight excluding hydrogens is 273 g/mol. The number of rotatable bonds is 6. The first kappa shape index (κ1) is 15.1. The second-order valence-corrected chi connectivity index (χ2v) is 4.49. The molecule has 0 aliphatic rings. The third-order valence-electron chi connectivity index (χ3n) is 3.08. The number of benzene rings is 2. The molecule has 112 valence electrons. The van der Waals surface area contributed by atoms with Gasteiger partial charge >= 0.3 is 0 Å². The zero-order chi connectivity index (χ0) is 15.2. The lowest BCUT2D eigenvalue weighted by atomic mass is 10.1. The molecule has 0 aliphatic carbocycles. The molecule has 2 aromatic rings. The minimum absolute atomic E-state index is 0.279. The number of hydrogen-bond donors (Lipinski definition) is 1. The molecule has 2 N–H and O–H groups in total. The number of nitrogens with two attached hydrogens (primary N) is 1. The summed E-state index contributed by atoms with van der Waals surface area (Å²) in [6, 6.07) is 11.0. The Morgan fingerprint density at radius 2 is 1.67 bits per heavy atom. The highest BCUT2D eigenvalue weighted by Gasteiger charge is 2.11.